The van der Waals surface area contributed by atoms with Crippen molar-refractivity contribution >= 4 is 17.2 Å². The molecule has 0 bridgehead atoms. The summed E-state index contributed by atoms with van der Waals surface area (Å²) in [4.78, 5) is 1.02. The molecule has 2 heteroatoms. The Morgan fingerprint density at radius 2 is 2.00 bits per heavy atom. The van der Waals surface area contributed by atoms with Crippen LogP contribution in [0, 0.1) is 0 Å². The maximum atomic E-state index is 5.06. The van der Waals surface area contributed by atoms with E-state index in [1.807, 2.05) is 0 Å². The van der Waals surface area contributed by atoms with Gasteiger partial charge in [-0.05, 0) is 19.3 Å². The van der Waals surface area contributed by atoms with Crippen LogP contribution in [-0.2, 0) is 0 Å². The highest BCUT2D eigenvalue weighted by Crippen LogP contribution is 1.89. The monoisotopic (exact) mass is 159 g/mol. The number of hydrogen-bond donors (Lipinski definition) is 1. The van der Waals surface area contributed by atoms with Crippen LogP contribution in [0.15, 0.2) is 0 Å². The van der Waals surface area contributed by atoms with Crippen molar-refractivity contribution in [2.75, 3.05) is 6.54 Å². The first kappa shape index (κ1) is 9.89. The van der Waals surface area contributed by atoms with Crippen molar-refractivity contribution in [3.63, 3.8) is 0 Å². The molecule has 60 valence electrons. The van der Waals surface area contributed by atoms with Gasteiger partial charge in [-0.2, -0.15) is 0 Å². The molecule has 1 nitrogen and oxygen atoms in total. The van der Waals surface area contributed by atoms with Crippen molar-refractivity contribution in [1.29, 1.82) is 0 Å². The Labute approximate surface area is 69.2 Å². The standard InChI is InChI=1S/C8H17NS/c1-3-5-7-9-8(10)6-4-2/h3-7H2,1-2H3,(H,9,10). The average Bonchev–Trinajstić information content (AvgIpc) is 1.89. The molecule has 0 rings (SSSR count). The quantitative estimate of drug-likeness (QED) is 0.488. The summed E-state index contributed by atoms with van der Waals surface area (Å²) in [6.07, 6.45) is 4.66. The van der Waals surface area contributed by atoms with E-state index in [0.29, 0.717) is 0 Å². The molecule has 0 fully saturated rings. The molecule has 0 atom stereocenters. The van der Waals surface area contributed by atoms with Crippen LogP contribution < -0.4 is 5.32 Å². The minimum Gasteiger partial charge on any atom is -0.380 e. The zero-order valence-corrected chi connectivity index (χ0v) is 7.76. The van der Waals surface area contributed by atoms with Crippen LogP contribution in [0.3, 0.4) is 0 Å². The second kappa shape index (κ2) is 7.00. The summed E-state index contributed by atoms with van der Waals surface area (Å²) >= 11 is 5.06. The lowest BCUT2D eigenvalue weighted by molar-refractivity contribution is 0.749. The molecule has 0 saturated heterocycles. The molecule has 1 N–H and O–H groups in total. The molecule has 0 amide bonds. The smallest absolute Gasteiger partial charge is 0.0753 e. The Kier molecular flexibility index (Phi) is 6.93. The molecule has 0 aromatic rings. The van der Waals surface area contributed by atoms with Crippen molar-refractivity contribution in [2.45, 2.75) is 39.5 Å². The molecule has 0 aliphatic carbocycles. The zero-order chi connectivity index (χ0) is 7.82. The molecular formula is C8H17NS. The van der Waals surface area contributed by atoms with Gasteiger partial charge in [0.2, 0.25) is 0 Å². The molecule has 0 aromatic carbocycles. The second-order valence-corrected chi connectivity index (χ2v) is 2.95. The van der Waals surface area contributed by atoms with Gasteiger partial charge in [-0.25, -0.2) is 0 Å². The first-order valence-corrected chi connectivity index (χ1v) is 4.48. The first-order chi connectivity index (χ1) is 4.81. The van der Waals surface area contributed by atoms with E-state index >= 15 is 0 Å². The summed E-state index contributed by atoms with van der Waals surface area (Å²) in [6, 6.07) is 0. The minimum absolute atomic E-state index is 1.02. The van der Waals surface area contributed by atoms with E-state index in [1.165, 1.54) is 12.8 Å². The number of unbranched alkanes of at least 4 members (excludes halogenated alkanes) is 1. The Balaban J connectivity index is 3.05. The summed E-state index contributed by atoms with van der Waals surface area (Å²) < 4.78 is 0. The van der Waals surface area contributed by atoms with Gasteiger partial charge in [-0.3, -0.25) is 0 Å². The third kappa shape index (κ3) is 6.02. The van der Waals surface area contributed by atoms with Gasteiger partial charge in [0.25, 0.3) is 0 Å². The van der Waals surface area contributed by atoms with E-state index in [9.17, 15) is 0 Å². The molecule has 0 aromatic heterocycles. The summed E-state index contributed by atoms with van der Waals surface area (Å²) in [5.74, 6) is 0. The average molecular weight is 159 g/mol. The van der Waals surface area contributed by atoms with Crippen LogP contribution in [0.25, 0.3) is 0 Å². The molecule has 0 saturated carbocycles. The number of nitrogens with one attached hydrogen (secondary N) is 1. The summed E-state index contributed by atoms with van der Waals surface area (Å²) in [5, 5.41) is 3.22. The van der Waals surface area contributed by atoms with Crippen LogP contribution in [0.5, 0.6) is 0 Å². The van der Waals surface area contributed by atoms with Gasteiger partial charge in [-0.1, -0.05) is 32.5 Å². The van der Waals surface area contributed by atoms with E-state index < -0.39 is 0 Å². The van der Waals surface area contributed by atoms with Crippen molar-refractivity contribution in [2.24, 2.45) is 0 Å². The van der Waals surface area contributed by atoms with Gasteiger partial charge in [0.1, 0.15) is 0 Å². The van der Waals surface area contributed by atoms with E-state index in [0.717, 1.165) is 24.4 Å². The molecule has 0 unspecified atom stereocenters. The van der Waals surface area contributed by atoms with Crippen LogP contribution in [-0.4, -0.2) is 11.5 Å². The van der Waals surface area contributed by atoms with Gasteiger partial charge in [0.15, 0.2) is 0 Å². The third-order valence-electron chi connectivity index (χ3n) is 1.33. The van der Waals surface area contributed by atoms with Gasteiger partial charge < -0.3 is 5.32 Å². The lowest BCUT2D eigenvalue weighted by atomic mass is 10.3. The van der Waals surface area contributed by atoms with E-state index in [1.54, 1.807) is 0 Å². The van der Waals surface area contributed by atoms with Crippen LogP contribution >= 0.6 is 12.2 Å². The molecule has 0 heterocycles. The first-order valence-electron chi connectivity index (χ1n) is 4.08. The highest BCUT2D eigenvalue weighted by atomic mass is 32.1. The van der Waals surface area contributed by atoms with Crippen LogP contribution in [0.1, 0.15) is 39.5 Å². The predicted molar refractivity (Wildman–Crippen MR) is 50.4 cm³/mol. The van der Waals surface area contributed by atoms with Crippen molar-refractivity contribution in [1.82, 2.24) is 5.32 Å². The molecule has 0 spiro atoms. The molecule has 0 radical (unpaired) electrons. The van der Waals surface area contributed by atoms with E-state index in [-0.39, 0.29) is 0 Å². The highest BCUT2D eigenvalue weighted by Gasteiger charge is 1.90. The lowest BCUT2D eigenvalue weighted by Gasteiger charge is -2.04. The topological polar surface area (TPSA) is 12.0 Å². The van der Waals surface area contributed by atoms with Crippen molar-refractivity contribution in [3.8, 4) is 0 Å². The highest BCUT2D eigenvalue weighted by molar-refractivity contribution is 7.80. The van der Waals surface area contributed by atoms with E-state index in [4.69, 9.17) is 12.2 Å². The molecule has 0 aliphatic heterocycles. The number of rotatable bonds is 5. The zero-order valence-electron chi connectivity index (χ0n) is 6.94. The van der Waals surface area contributed by atoms with Gasteiger partial charge >= 0.3 is 0 Å². The Morgan fingerprint density at radius 3 is 2.50 bits per heavy atom. The summed E-state index contributed by atoms with van der Waals surface area (Å²) in [6.45, 7) is 5.38. The van der Waals surface area contributed by atoms with Gasteiger partial charge in [-0.15, -0.1) is 0 Å². The fourth-order valence-corrected chi connectivity index (χ4v) is 1.03. The predicted octanol–water partition coefficient (Wildman–Crippen LogP) is 2.50. The fourth-order valence-electron chi connectivity index (χ4n) is 0.720. The second-order valence-electron chi connectivity index (χ2n) is 2.45. The number of thiocarbonyl (C=S) groups is 1. The third-order valence-corrected chi connectivity index (χ3v) is 1.68. The van der Waals surface area contributed by atoms with Crippen molar-refractivity contribution < 1.29 is 0 Å². The Bertz CT molecular complexity index is 91.3. The van der Waals surface area contributed by atoms with Gasteiger partial charge in [0.05, 0.1) is 4.99 Å². The fraction of sp³-hybridized carbons (Fsp3) is 0.875. The lowest BCUT2D eigenvalue weighted by Crippen LogP contribution is -2.21. The maximum Gasteiger partial charge on any atom is 0.0753 e. The van der Waals surface area contributed by atoms with E-state index in [2.05, 4.69) is 19.2 Å². The Hall–Kier alpha value is -0.110. The molecular weight excluding hydrogens is 142 g/mol. The molecule has 10 heavy (non-hydrogen) atoms. The summed E-state index contributed by atoms with van der Waals surface area (Å²) in [5.41, 5.74) is 0. The largest absolute Gasteiger partial charge is 0.380 e. The normalized spacial score (nSPS) is 9.40. The minimum atomic E-state index is 1.02. The summed E-state index contributed by atoms with van der Waals surface area (Å²) in [7, 11) is 0. The van der Waals surface area contributed by atoms with Crippen LogP contribution in [0.4, 0.5) is 0 Å². The van der Waals surface area contributed by atoms with Gasteiger partial charge in [0, 0.05) is 6.54 Å². The Morgan fingerprint density at radius 1 is 1.30 bits per heavy atom. The van der Waals surface area contributed by atoms with Crippen molar-refractivity contribution in [3.05, 3.63) is 0 Å². The number of hydrogen-bond acceptors (Lipinski definition) is 1. The molecule has 0 aliphatic rings. The maximum absolute atomic E-state index is 5.06. The SMILES string of the molecule is CCCCNC(=S)CCC. The van der Waals surface area contributed by atoms with Crippen LogP contribution in [0.2, 0.25) is 0 Å².